The van der Waals surface area contributed by atoms with Gasteiger partial charge >= 0.3 is 0 Å². The van der Waals surface area contributed by atoms with Crippen molar-refractivity contribution in [2.75, 3.05) is 19.6 Å². The fourth-order valence-electron chi connectivity index (χ4n) is 2.97. The maximum atomic E-state index is 12.5. The zero-order valence-corrected chi connectivity index (χ0v) is 12.8. The summed E-state index contributed by atoms with van der Waals surface area (Å²) >= 11 is 0. The van der Waals surface area contributed by atoms with E-state index in [0.29, 0.717) is 0 Å². The van der Waals surface area contributed by atoms with E-state index in [1.165, 1.54) is 12.0 Å². The zero-order chi connectivity index (χ0) is 14.6. The lowest BCUT2D eigenvalue weighted by Gasteiger charge is -2.26. The zero-order valence-electron chi connectivity index (χ0n) is 12.8. The lowest BCUT2D eigenvalue weighted by atomic mass is 9.81. The Morgan fingerprint density at radius 3 is 2.80 bits per heavy atom. The van der Waals surface area contributed by atoms with Crippen LogP contribution in [0.4, 0.5) is 0 Å². The third-order valence-corrected chi connectivity index (χ3v) is 4.39. The molecule has 3 heteroatoms. The first-order valence-electron chi connectivity index (χ1n) is 7.57. The maximum absolute atomic E-state index is 12.5. The minimum absolute atomic E-state index is 0.123. The van der Waals surface area contributed by atoms with Gasteiger partial charge in [0.15, 0.2) is 0 Å². The second-order valence-corrected chi connectivity index (χ2v) is 6.34. The van der Waals surface area contributed by atoms with E-state index >= 15 is 0 Å². The number of benzene rings is 1. The third-order valence-electron chi connectivity index (χ3n) is 4.39. The summed E-state index contributed by atoms with van der Waals surface area (Å²) < 4.78 is 0. The van der Waals surface area contributed by atoms with Crippen LogP contribution in [0.3, 0.4) is 0 Å². The van der Waals surface area contributed by atoms with Crippen LogP contribution >= 0.6 is 0 Å². The average Bonchev–Trinajstić information content (AvgIpc) is 2.92. The minimum atomic E-state index is -0.473. The normalized spacial score (nSPS) is 19.1. The molecule has 1 fully saturated rings. The van der Waals surface area contributed by atoms with Gasteiger partial charge < -0.3 is 10.6 Å². The smallest absolute Gasteiger partial charge is 0.230 e. The highest BCUT2D eigenvalue weighted by molar-refractivity contribution is 5.87. The molecule has 1 atom stereocenters. The van der Waals surface area contributed by atoms with E-state index in [4.69, 9.17) is 0 Å². The van der Waals surface area contributed by atoms with Gasteiger partial charge in [0.2, 0.25) is 5.91 Å². The number of hydrogen-bond acceptors (Lipinski definition) is 2. The van der Waals surface area contributed by atoms with Gasteiger partial charge in [-0.25, -0.2) is 0 Å². The molecule has 1 amide bonds. The molecule has 0 saturated carbocycles. The minimum Gasteiger partial charge on any atom is -0.355 e. The van der Waals surface area contributed by atoms with Gasteiger partial charge in [-0.2, -0.15) is 0 Å². The number of nitrogens with one attached hydrogen (secondary N) is 2. The summed E-state index contributed by atoms with van der Waals surface area (Å²) in [6.07, 6.45) is 2.31. The van der Waals surface area contributed by atoms with Crippen LogP contribution in [-0.4, -0.2) is 25.5 Å². The van der Waals surface area contributed by atoms with Crippen molar-refractivity contribution in [2.45, 2.75) is 39.0 Å². The molecule has 1 heterocycles. The van der Waals surface area contributed by atoms with Gasteiger partial charge in [0.1, 0.15) is 0 Å². The molecule has 1 aromatic rings. The van der Waals surface area contributed by atoms with Crippen LogP contribution in [0.1, 0.15) is 37.8 Å². The van der Waals surface area contributed by atoms with Crippen molar-refractivity contribution in [1.29, 1.82) is 0 Å². The maximum Gasteiger partial charge on any atom is 0.230 e. The molecule has 20 heavy (non-hydrogen) atoms. The predicted octanol–water partition coefficient (Wildman–Crippen LogP) is 2.39. The molecule has 0 aliphatic carbocycles. The molecule has 0 spiro atoms. The molecule has 1 aromatic carbocycles. The van der Waals surface area contributed by atoms with Crippen molar-refractivity contribution < 1.29 is 4.79 Å². The fraction of sp³-hybridized carbons (Fsp3) is 0.588. The van der Waals surface area contributed by atoms with E-state index in [2.05, 4.69) is 29.7 Å². The molecule has 110 valence electrons. The Balaban J connectivity index is 1.91. The summed E-state index contributed by atoms with van der Waals surface area (Å²) in [6, 6.07) is 8.13. The topological polar surface area (TPSA) is 41.1 Å². The van der Waals surface area contributed by atoms with Gasteiger partial charge in [-0.1, -0.05) is 24.3 Å². The number of carbonyl (C=O) groups excluding carboxylic acids is 1. The summed E-state index contributed by atoms with van der Waals surface area (Å²) in [5.74, 6) is 0.842. The Hall–Kier alpha value is -1.35. The fourth-order valence-corrected chi connectivity index (χ4v) is 2.97. The Labute approximate surface area is 122 Å². The molecule has 0 bridgehead atoms. The van der Waals surface area contributed by atoms with Gasteiger partial charge in [0, 0.05) is 6.54 Å². The first kappa shape index (κ1) is 15.0. The molecule has 2 N–H and O–H groups in total. The van der Waals surface area contributed by atoms with Crippen LogP contribution < -0.4 is 10.6 Å². The van der Waals surface area contributed by atoms with Crippen molar-refractivity contribution in [3.05, 3.63) is 35.4 Å². The van der Waals surface area contributed by atoms with Gasteiger partial charge in [0.25, 0.3) is 0 Å². The van der Waals surface area contributed by atoms with Crippen molar-refractivity contribution in [3.8, 4) is 0 Å². The predicted molar refractivity (Wildman–Crippen MR) is 82.8 cm³/mol. The molecule has 1 aliphatic rings. The van der Waals surface area contributed by atoms with E-state index in [1.54, 1.807) is 0 Å². The van der Waals surface area contributed by atoms with E-state index in [0.717, 1.165) is 37.5 Å². The number of hydrogen-bond donors (Lipinski definition) is 2. The molecular weight excluding hydrogens is 248 g/mol. The average molecular weight is 274 g/mol. The van der Waals surface area contributed by atoms with E-state index in [1.807, 2.05) is 26.0 Å². The molecule has 2 rings (SSSR count). The molecular formula is C17H26N2O. The molecule has 0 radical (unpaired) electrons. The van der Waals surface area contributed by atoms with E-state index < -0.39 is 5.41 Å². The monoisotopic (exact) mass is 274 g/mol. The SMILES string of the molecule is Cc1ccccc1C(C)(C)C(=O)NCCC1CCNC1. The van der Waals surface area contributed by atoms with Crippen LogP contribution in [-0.2, 0) is 10.2 Å². The van der Waals surface area contributed by atoms with Crippen molar-refractivity contribution in [2.24, 2.45) is 5.92 Å². The molecule has 3 nitrogen and oxygen atoms in total. The van der Waals surface area contributed by atoms with Gasteiger partial charge in [0.05, 0.1) is 5.41 Å². The van der Waals surface area contributed by atoms with Gasteiger partial charge in [-0.05, 0) is 63.7 Å². The lowest BCUT2D eigenvalue weighted by Crippen LogP contribution is -2.41. The van der Waals surface area contributed by atoms with Crippen molar-refractivity contribution in [3.63, 3.8) is 0 Å². The van der Waals surface area contributed by atoms with Gasteiger partial charge in [-0.3, -0.25) is 4.79 Å². The first-order valence-corrected chi connectivity index (χ1v) is 7.57. The Morgan fingerprint density at radius 2 is 2.15 bits per heavy atom. The lowest BCUT2D eigenvalue weighted by molar-refractivity contribution is -0.125. The Kier molecular flexibility index (Phi) is 4.81. The highest BCUT2D eigenvalue weighted by atomic mass is 16.2. The van der Waals surface area contributed by atoms with Crippen LogP contribution in [0.25, 0.3) is 0 Å². The number of rotatable bonds is 5. The Morgan fingerprint density at radius 1 is 1.40 bits per heavy atom. The summed E-state index contributed by atoms with van der Waals surface area (Å²) in [7, 11) is 0. The summed E-state index contributed by atoms with van der Waals surface area (Å²) in [6.45, 7) is 9.06. The molecule has 0 aromatic heterocycles. The van der Waals surface area contributed by atoms with Crippen LogP contribution in [0.15, 0.2) is 24.3 Å². The second kappa shape index (κ2) is 6.40. The largest absolute Gasteiger partial charge is 0.355 e. The standard InChI is InChI=1S/C17H26N2O/c1-13-6-4-5-7-15(13)17(2,3)16(20)19-11-9-14-8-10-18-12-14/h4-7,14,18H,8-12H2,1-3H3,(H,19,20). The number of amides is 1. The van der Waals surface area contributed by atoms with Crippen LogP contribution in [0.5, 0.6) is 0 Å². The van der Waals surface area contributed by atoms with Crippen molar-refractivity contribution >= 4 is 5.91 Å². The van der Waals surface area contributed by atoms with Gasteiger partial charge in [-0.15, -0.1) is 0 Å². The van der Waals surface area contributed by atoms with Crippen molar-refractivity contribution in [1.82, 2.24) is 10.6 Å². The third kappa shape index (κ3) is 3.40. The molecule has 1 aliphatic heterocycles. The summed E-state index contributed by atoms with van der Waals surface area (Å²) in [4.78, 5) is 12.5. The second-order valence-electron chi connectivity index (χ2n) is 6.34. The highest BCUT2D eigenvalue weighted by Gasteiger charge is 2.30. The Bertz CT molecular complexity index is 462. The quantitative estimate of drug-likeness (QED) is 0.865. The van der Waals surface area contributed by atoms with Crippen LogP contribution in [0, 0.1) is 12.8 Å². The van der Waals surface area contributed by atoms with E-state index in [-0.39, 0.29) is 5.91 Å². The first-order chi connectivity index (χ1) is 9.51. The van der Waals surface area contributed by atoms with E-state index in [9.17, 15) is 4.79 Å². The highest BCUT2D eigenvalue weighted by Crippen LogP contribution is 2.26. The number of aryl methyl sites for hydroxylation is 1. The summed E-state index contributed by atoms with van der Waals surface area (Å²) in [5, 5.41) is 6.47. The van der Waals surface area contributed by atoms with Crippen LogP contribution in [0.2, 0.25) is 0 Å². The number of carbonyl (C=O) groups is 1. The summed E-state index contributed by atoms with van der Waals surface area (Å²) in [5.41, 5.74) is 1.81. The molecule has 1 unspecified atom stereocenters. The molecule has 1 saturated heterocycles.